The van der Waals surface area contributed by atoms with E-state index < -0.39 is 0 Å². The van der Waals surface area contributed by atoms with E-state index in [1.165, 1.54) is 0 Å². The van der Waals surface area contributed by atoms with Crippen molar-refractivity contribution >= 4 is 5.95 Å². The second-order valence-corrected chi connectivity index (χ2v) is 4.90. The lowest BCUT2D eigenvalue weighted by Gasteiger charge is -2.11. The van der Waals surface area contributed by atoms with E-state index in [0.29, 0.717) is 11.8 Å². The molecule has 2 N–H and O–H groups in total. The second-order valence-electron chi connectivity index (χ2n) is 4.90. The summed E-state index contributed by atoms with van der Waals surface area (Å²) in [5, 5.41) is 3.22. The molecule has 0 saturated carbocycles. The molecule has 0 amide bonds. The lowest BCUT2D eigenvalue weighted by atomic mass is 10.3. The number of nitrogens with zero attached hydrogens (tertiary/aromatic N) is 3. The standard InChI is InChI=1S/C14H21N5O/c1-10(2)20-13-9-11(3)18-14(19-13)17-6-4-5-12-15-7-8-16-12/h7-10H,4-6H2,1-3H3,(H,15,16)(H,17,18,19). The Morgan fingerprint density at radius 3 is 2.90 bits per heavy atom. The highest BCUT2D eigenvalue weighted by molar-refractivity contribution is 5.30. The molecule has 0 aliphatic carbocycles. The highest BCUT2D eigenvalue weighted by Crippen LogP contribution is 2.13. The summed E-state index contributed by atoms with van der Waals surface area (Å²) in [5.41, 5.74) is 0.893. The van der Waals surface area contributed by atoms with Crippen LogP contribution < -0.4 is 10.1 Å². The van der Waals surface area contributed by atoms with Crippen LogP contribution >= 0.6 is 0 Å². The van der Waals surface area contributed by atoms with Gasteiger partial charge >= 0.3 is 0 Å². The minimum atomic E-state index is 0.108. The van der Waals surface area contributed by atoms with Crippen molar-refractivity contribution in [3.63, 3.8) is 0 Å². The predicted molar refractivity (Wildman–Crippen MR) is 77.9 cm³/mol. The molecule has 20 heavy (non-hydrogen) atoms. The van der Waals surface area contributed by atoms with Crippen LogP contribution in [-0.2, 0) is 6.42 Å². The quantitative estimate of drug-likeness (QED) is 0.759. The molecule has 0 aliphatic rings. The second kappa shape index (κ2) is 6.88. The molecule has 0 spiro atoms. The lowest BCUT2D eigenvalue weighted by molar-refractivity contribution is 0.232. The molecule has 0 atom stereocenters. The minimum absolute atomic E-state index is 0.108. The number of rotatable bonds is 7. The van der Waals surface area contributed by atoms with Crippen LogP contribution in [0.4, 0.5) is 5.95 Å². The zero-order valence-corrected chi connectivity index (χ0v) is 12.2. The monoisotopic (exact) mass is 275 g/mol. The lowest BCUT2D eigenvalue weighted by Crippen LogP contribution is -2.11. The van der Waals surface area contributed by atoms with Gasteiger partial charge in [-0.15, -0.1) is 0 Å². The summed E-state index contributed by atoms with van der Waals surface area (Å²) in [4.78, 5) is 16.0. The van der Waals surface area contributed by atoms with Crippen molar-refractivity contribution < 1.29 is 4.74 Å². The van der Waals surface area contributed by atoms with Crippen LogP contribution in [0, 0.1) is 6.92 Å². The molecule has 0 unspecified atom stereocenters. The smallest absolute Gasteiger partial charge is 0.226 e. The number of hydrogen-bond donors (Lipinski definition) is 2. The molecule has 0 aromatic carbocycles. The number of aromatic amines is 1. The predicted octanol–water partition coefficient (Wildman–Crippen LogP) is 2.34. The first-order valence-corrected chi connectivity index (χ1v) is 6.88. The highest BCUT2D eigenvalue weighted by Gasteiger charge is 2.04. The summed E-state index contributed by atoms with van der Waals surface area (Å²) in [6.07, 6.45) is 5.58. The molecule has 108 valence electrons. The summed E-state index contributed by atoms with van der Waals surface area (Å²) >= 11 is 0. The van der Waals surface area contributed by atoms with Crippen LogP contribution in [0.15, 0.2) is 18.5 Å². The van der Waals surface area contributed by atoms with Crippen LogP contribution in [0.1, 0.15) is 31.8 Å². The van der Waals surface area contributed by atoms with Crippen LogP contribution in [0.5, 0.6) is 5.88 Å². The summed E-state index contributed by atoms with van der Waals surface area (Å²) in [6, 6.07) is 1.84. The molecular weight excluding hydrogens is 254 g/mol. The number of hydrogen-bond acceptors (Lipinski definition) is 5. The SMILES string of the molecule is Cc1cc(OC(C)C)nc(NCCCc2ncc[nH]2)n1. The Balaban J connectivity index is 1.84. The Bertz CT molecular complexity index is 524. The van der Waals surface area contributed by atoms with Crippen molar-refractivity contribution in [2.24, 2.45) is 0 Å². The zero-order valence-electron chi connectivity index (χ0n) is 12.2. The van der Waals surface area contributed by atoms with Crippen molar-refractivity contribution in [1.82, 2.24) is 19.9 Å². The Kier molecular flexibility index (Phi) is 4.92. The summed E-state index contributed by atoms with van der Waals surface area (Å²) in [6.45, 7) is 6.69. The van der Waals surface area contributed by atoms with Gasteiger partial charge in [-0.2, -0.15) is 4.98 Å². The average molecular weight is 275 g/mol. The molecule has 0 aliphatic heterocycles. The number of nitrogens with one attached hydrogen (secondary N) is 2. The van der Waals surface area contributed by atoms with Gasteiger partial charge in [0.1, 0.15) is 5.82 Å². The average Bonchev–Trinajstić information content (AvgIpc) is 2.86. The Morgan fingerprint density at radius 2 is 2.20 bits per heavy atom. The third kappa shape index (κ3) is 4.53. The highest BCUT2D eigenvalue weighted by atomic mass is 16.5. The normalized spacial score (nSPS) is 10.8. The molecule has 0 radical (unpaired) electrons. The topological polar surface area (TPSA) is 75.7 Å². The van der Waals surface area contributed by atoms with E-state index in [1.807, 2.05) is 33.0 Å². The molecule has 0 saturated heterocycles. The van der Waals surface area contributed by atoms with Gasteiger partial charge in [-0.1, -0.05) is 0 Å². The van der Waals surface area contributed by atoms with Gasteiger partial charge in [0, 0.05) is 37.1 Å². The van der Waals surface area contributed by atoms with E-state index in [1.54, 1.807) is 6.20 Å². The van der Waals surface area contributed by atoms with E-state index in [2.05, 4.69) is 25.3 Å². The Hall–Kier alpha value is -2.11. The fourth-order valence-electron chi connectivity index (χ4n) is 1.81. The number of aryl methyl sites for hydroxylation is 2. The first-order chi connectivity index (χ1) is 9.63. The maximum Gasteiger partial charge on any atom is 0.226 e. The van der Waals surface area contributed by atoms with Gasteiger partial charge < -0.3 is 15.0 Å². The number of aromatic nitrogens is 4. The van der Waals surface area contributed by atoms with Crippen LogP contribution in [0.25, 0.3) is 0 Å². The van der Waals surface area contributed by atoms with Gasteiger partial charge in [0.15, 0.2) is 0 Å². The van der Waals surface area contributed by atoms with Crippen LogP contribution in [0.2, 0.25) is 0 Å². The third-order valence-electron chi connectivity index (χ3n) is 2.62. The fraction of sp³-hybridized carbons (Fsp3) is 0.500. The van der Waals surface area contributed by atoms with E-state index >= 15 is 0 Å². The van der Waals surface area contributed by atoms with E-state index in [4.69, 9.17) is 4.74 Å². The maximum atomic E-state index is 5.59. The van der Waals surface area contributed by atoms with E-state index in [0.717, 1.165) is 30.9 Å². The summed E-state index contributed by atoms with van der Waals surface area (Å²) in [5.74, 6) is 2.22. The van der Waals surface area contributed by atoms with Crippen molar-refractivity contribution in [1.29, 1.82) is 0 Å². The van der Waals surface area contributed by atoms with Crippen molar-refractivity contribution in [3.8, 4) is 5.88 Å². The minimum Gasteiger partial charge on any atom is -0.475 e. The Labute approximate surface area is 119 Å². The van der Waals surface area contributed by atoms with Gasteiger partial charge in [-0.25, -0.2) is 9.97 Å². The molecule has 6 heteroatoms. The maximum absolute atomic E-state index is 5.59. The van der Waals surface area contributed by atoms with E-state index in [9.17, 15) is 0 Å². The molecule has 2 aromatic rings. The first-order valence-electron chi connectivity index (χ1n) is 6.88. The molecule has 2 aromatic heterocycles. The largest absolute Gasteiger partial charge is 0.475 e. The van der Waals surface area contributed by atoms with Gasteiger partial charge in [0.05, 0.1) is 6.10 Å². The molecule has 2 rings (SSSR count). The molecule has 6 nitrogen and oxygen atoms in total. The molecule has 0 fully saturated rings. The van der Waals surface area contributed by atoms with Crippen LogP contribution in [-0.4, -0.2) is 32.6 Å². The summed E-state index contributed by atoms with van der Waals surface area (Å²) in [7, 11) is 0. The first kappa shape index (κ1) is 14.3. The van der Waals surface area contributed by atoms with Gasteiger partial charge in [0.25, 0.3) is 0 Å². The van der Waals surface area contributed by atoms with Gasteiger partial charge in [-0.05, 0) is 27.2 Å². The molecule has 2 heterocycles. The number of imidazole rings is 1. The summed E-state index contributed by atoms with van der Waals surface area (Å²) < 4.78 is 5.59. The van der Waals surface area contributed by atoms with Crippen molar-refractivity contribution in [2.45, 2.75) is 39.7 Å². The molecular formula is C14H21N5O. The fourth-order valence-corrected chi connectivity index (χ4v) is 1.81. The third-order valence-corrected chi connectivity index (χ3v) is 2.62. The molecule has 0 bridgehead atoms. The van der Waals surface area contributed by atoms with Gasteiger partial charge in [-0.3, -0.25) is 0 Å². The number of anilines is 1. The van der Waals surface area contributed by atoms with Crippen molar-refractivity contribution in [2.75, 3.05) is 11.9 Å². The van der Waals surface area contributed by atoms with Crippen molar-refractivity contribution in [3.05, 3.63) is 30.0 Å². The van der Waals surface area contributed by atoms with Crippen LogP contribution in [0.3, 0.4) is 0 Å². The zero-order chi connectivity index (χ0) is 14.4. The number of H-pyrrole nitrogens is 1. The van der Waals surface area contributed by atoms with Gasteiger partial charge in [0.2, 0.25) is 11.8 Å². The Morgan fingerprint density at radius 1 is 1.35 bits per heavy atom. The number of ether oxygens (including phenoxy) is 1. The van der Waals surface area contributed by atoms with E-state index in [-0.39, 0.29) is 6.10 Å².